The van der Waals surface area contributed by atoms with Gasteiger partial charge in [-0.2, -0.15) is 4.31 Å². The first kappa shape index (κ1) is 18.0. The fraction of sp³-hybridized carbons (Fsp3) is 0.562. The zero-order valence-electron chi connectivity index (χ0n) is 13.2. The van der Waals surface area contributed by atoms with Crippen LogP contribution in [0.15, 0.2) is 23.1 Å². The minimum Gasteiger partial charge on any atom is -0.468 e. The lowest BCUT2D eigenvalue weighted by molar-refractivity contribution is -0.144. The van der Waals surface area contributed by atoms with Gasteiger partial charge < -0.3 is 4.74 Å². The van der Waals surface area contributed by atoms with E-state index in [0.717, 1.165) is 25.7 Å². The Hall–Kier alpha value is -0.820. The van der Waals surface area contributed by atoms with Crippen molar-refractivity contribution in [1.82, 2.24) is 4.31 Å². The first-order valence-corrected chi connectivity index (χ1v) is 10.1. The van der Waals surface area contributed by atoms with Crippen molar-refractivity contribution >= 4 is 39.2 Å². The minimum atomic E-state index is -3.86. The Morgan fingerprint density at radius 2 is 1.92 bits per heavy atom. The SMILES string of the molecule is COC(=O)C1CC2CCCCC2N1S(=O)(=O)c1ccc(Cl)c(Cl)c1. The van der Waals surface area contributed by atoms with Gasteiger partial charge in [-0.1, -0.05) is 36.0 Å². The Labute approximate surface area is 151 Å². The smallest absolute Gasteiger partial charge is 0.324 e. The van der Waals surface area contributed by atoms with Crippen LogP contribution in [0.5, 0.6) is 0 Å². The molecule has 0 amide bonds. The lowest BCUT2D eigenvalue weighted by Gasteiger charge is -2.32. The van der Waals surface area contributed by atoms with Gasteiger partial charge in [-0.25, -0.2) is 8.42 Å². The monoisotopic (exact) mass is 391 g/mol. The van der Waals surface area contributed by atoms with Crippen molar-refractivity contribution in [2.75, 3.05) is 7.11 Å². The van der Waals surface area contributed by atoms with Gasteiger partial charge in [0.1, 0.15) is 6.04 Å². The van der Waals surface area contributed by atoms with Crippen LogP contribution in [0.25, 0.3) is 0 Å². The molecule has 5 nitrogen and oxygen atoms in total. The highest BCUT2D eigenvalue weighted by Crippen LogP contribution is 2.43. The summed E-state index contributed by atoms with van der Waals surface area (Å²) in [5.41, 5.74) is 0. The number of methoxy groups -OCH3 is 1. The molecule has 1 aromatic carbocycles. The first-order chi connectivity index (χ1) is 11.4. The molecular formula is C16H19Cl2NO4S. The fourth-order valence-electron chi connectivity index (χ4n) is 3.86. The van der Waals surface area contributed by atoms with Gasteiger partial charge in [-0.3, -0.25) is 4.79 Å². The summed E-state index contributed by atoms with van der Waals surface area (Å²) in [5, 5.41) is 0.462. The van der Waals surface area contributed by atoms with Crippen molar-refractivity contribution in [1.29, 1.82) is 0 Å². The Kier molecular flexibility index (Phi) is 5.12. The molecule has 0 radical (unpaired) electrons. The molecule has 0 aromatic heterocycles. The Bertz CT molecular complexity index is 752. The van der Waals surface area contributed by atoms with E-state index in [1.165, 1.54) is 29.6 Å². The summed E-state index contributed by atoms with van der Waals surface area (Å²) in [7, 11) is -2.58. The molecule has 8 heteroatoms. The predicted molar refractivity (Wildman–Crippen MR) is 91.7 cm³/mol. The molecular weight excluding hydrogens is 373 g/mol. The van der Waals surface area contributed by atoms with Gasteiger partial charge in [-0.15, -0.1) is 0 Å². The van der Waals surface area contributed by atoms with E-state index in [0.29, 0.717) is 6.42 Å². The van der Waals surface area contributed by atoms with Crippen LogP contribution >= 0.6 is 23.2 Å². The Morgan fingerprint density at radius 3 is 2.58 bits per heavy atom. The van der Waals surface area contributed by atoms with Crippen LogP contribution in [0.3, 0.4) is 0 Å². The van der Waals surface area contributed by atoms with Gasteiger partial charge in [0.2, 0.25) is 10.0 Å². The lowest BCUT2D eigenvalue weighted by Crippen LogP contribution is -2.46. The summed E-state index contributed by atoms with van der Waals surface area (Å²) < 4.78 is 32.6. The van der Waals surface area contributed by atoms with Gasteiger partial charge >= 0.3 is 5.97 Å². The van der Waals surface area contributed by atoms with Crippen molar-refractivity contribution < 1.29 is 17.9 Å². The van der Waals surface area contributed by atoms with Gasteiger partial charge in [0.15, 0.2) is 0 Å². The summed E-state index contributed by atoms with van der Waals surface area (Å²) in [6.07, 6.45) is 4.24. The molecule has 132 valence electrons. The third-order valence-electron chi connectivity index (χ3n) is 4.97. The Balaban J connectivity index is 2.04. The summed E-state index contributed by atoms with van der Waals surface area (Å²) in [6, 6.07) is 3.28. The van der Waals surface area contributed by atoms with Crippen LogP contribution in [0.4, 0.5) is 0 Å². The second-order valence-electron chi connectivity index (χ2n) is 6.30. The second-order valence-corrected chi connectivity index (χ2v) is 8.95. The van der Waals surface area contributed by atoms with Crippen LogP contribution in [0.2, 0.25) is 10.0 Å². The molecule has 1 saturated heterocycles. The molecule has 3 unspecified atom stereocenters. The number of ether oxygens (including phenoxy) is 1. The Morgan fingerprint density at radius 1 is 1.21 bits per heavy atom. The third-order valence-corrected chi connectivity index (χ3v) is 7.64. The molecule has 1 heterocycles. The van der Waals surface area contributed by atoms with Crippen molar-refractivity contribution in [3.63, 3.8) is 0 Å². The molecule has 1 aliphatic carbocycles. The lowest BCUT2D eigenvalue weighted by atomic mass is 9.85. The molecule has 2 fully saturated rings. The quantitative estimate of drug-likeness (QED) is 0.739. The normalized spacial score (nSPS) is 27.7. The molecule has 0 N–H and O–H groups in total. The first-order valence-electron chi connectivity index (χ1n) is 7.92. The molecule has 1 aromatic rings. The average molecular weight is 392 g/mol. The number of sulfonamides is 1. The van der Waals surface area contributed by atoms with Crippen LogP contribution in [0.1, 0.15) is 32.1 Å². The highest BCUT2D eigenvalue weighted by molar-refractivity contribution is 7.89. The second kappa shape index (κ2) is 6.83. The standard InChI is InChI=1S/C16H19Cl2NO4S/c1-23-16(20)15-8-10-4-2-3-5-14(10)19(15)24(21,22)11-6-7-12(17)13(18)9-11/h6-7,9-10,14-15H,2-5,8H2,1H3. The minimum absolute atomic E-state index is 0.0528. The van der Waals surface area contributed by atoms with Crippen molar-refractivity contribution in [3.05, 3.63) is 28.2 Å². The zero-order chi connectivity index (χ0) is 17.5. The van der Waals surface area contributed by atoms with Crippen molar-refractivity contribution in [2.24, 2.45) is 5.92 Å². The highest BCUT2D eigenvalue weighted by atomic mass is 35.5. The average Bonchev–Trinajstić information content (AvgIpc) is 2.96. The molecule has 1 aliphatic heterocycles. The number of nitrogens with zero attached hydrogens (tertiary/aromatic N) is 1. The summed E-state index contributed by atoms with van der Waals surface area (Å²) in [5.74, 6) is -0.312. The maximum atomic E-state index is 13.2. The molecule has 0 spiro atoms. The highest BCUT2D eigenvalue weighted by Gasteiger charge is 2.51. The van der Waals surface area contributed by atoms with Crippen LogP contribution in [-0.2, 0) is 19.6 Å². The van der Waals surface area contributed by atoms with Gasteiger partial charge in [-0.05, 0) is 43.4 Å². The maximum absolute atomic E-state index is 13.2. The zero-order valence-corrected chi connectivity index (χ0v) is 15.6. The molecule has 3 rings (SSSR count). The van der Waals surface area contributed by atoms with Crippen LogP contribution < -0.4 is 0 Å². The molecule has 2 aliphatic rings. The topological polar surface area (TPSA) is 63.7 Å². The van der Waals surface area contributed by atoms with E-state index in [4.69, 9.17) is 27.9 Å². The summed E-state index contributed by atoms with van der Waals surface area (Å²) in [6.45, 7) is 0. The summed E-state index contributed by atoms with van der Waals surface area (Å²) >= 11 is 11.9. The van der Waals surface area contributed by atoms with E-state index in [1.54, 1.807) is 0 Å². The molecule has 24 heavy (non-hydrogen) atoms. The third kappa shape index (κ3) is 3.05. The predicted octanol–water partition coefficient (Wildman–Crippen LogP) is 3.49. The number of halogens is 2. The van der Waals surface area contributed by atoms with Crippen molar-refractivity contribution in [2.45, 2.75) is 49.1 Å². The number of carbonyl (C=O) groups is 1. The fourth-order valence-corrected chi connectivity index (χ4v) is 6.11. The van der Waals surface area contributed by atoms with E-state index in [2.05, 4.69) is 0 Å². The van der Waals surface area contributed by atoms with Crippen LogP contribution in [0, 0.1) is 5.92 Å². The number of fused-ring (bicyclic) bond motifs is 1. The van der Waals surface area contributed by atoms with E-state index in [-0.39, 0.29) is 26.9 Å². The molecule has 0 bridgehead atoms. The maximum Gasteiger partial charge on any atom is 0.324 e. The number of hydrogen-bond acceptors (Lipinski definition) is 4. The molecule has 3 atom stereocenters. The number of carbonyl (C=O) groups excluding carboxylic acids is 1. The largest absolute Gasteiger partial charge is 0.468 e. The van der Waals surface area contributed by atoms with Gasteiger partial charge in [0, 0.05) is 6.04 Å². The summed E-state index contributed by atoms with van der Waals surface area (Å²) in [4.78, 5) is 12.2. The van der Waals surface area contributed by atoms with E-state index in [9.17, 15) is 13.2 Å². The van der Waals surface area contributed by atoms with E-state index in [1.807, 2.05) is 0 Å². The van der Waals surface area contributed by atoms with Crippen molar-refractivity contribution in [3.8, 4) is 0 Å². The van der Waals surface area contributed by atoms with Gasteiger partial charge in [0.25, 0.3) is 0 Å². The number of benzene rings is 1. The van der Waals surface area contributed by atoms with E-state index >= 15 is 0 Å². The number of esters is 1. The van der Waals surface area contributed by atoms with E-state index < -0.39 is 22.0 Å². The van der Waals surface area contributed by atoms with Gasteiger partial charge in [0.05, 0.1) is 22.1 Å². The van der Waals surface area contributed by atoms with Crippen LogP contribution in [-0.4, -0.2) is 37.9 Å². The number of rotatable bonds is 3. The number of hydrogen-bond donors (Lipinski definition) is 0. The molecule has 1 saturated carbocycles.